The number of ketones is 1. The minimum atomic E-state index is -1.29. The molecular weight excluding hydrogens is 428 g/mol. The number of aliphatic hydroxyl groups excluding tert-OH is 1. The fourth-order valence-corrected chi connectivity index (χ4v) is 3.34. The third kappa shape index (κ3) is 9.99. The minimum absolute atomic E-state index is 0.0540. The van der Waals surface area contributed by atoms with Crippen molar-refractivity contribution in [1.82, 2.24) is 0 Å². The number of allylic oxidation sites excluding steroid dienone is 3. The van der Waals surface area contributed by atoms with Crippen molar-refractivity contribution < 1.29 is 38.5 Å². The Kier molecular flexibility index (Phi) is 12.1. The second kappa shape index (κ2) is 14.2. The van der Waals surface area contributed by atoms with Crippen LogP contribution in [0.5, 0.6) is 0 Å². The number of methoxy groups -OCH3 is 1. The second-order valence-electron chi connectivity index (χ2n) is 7.75. The first-order chi connectivity index (χ1) is 15.6. The summed E-state index contributed by atoms with van der Waals surface area (Å²) in [5.74, 6) is -1.82. The smallest absolute Gasteiger partial charge is 0.305 e. The van der Waals surface area contributed by atoms with Gasteiger partial charge in [-0.15, -0.1) is 0 Å². The van der Waals surface area contributed by atoms with Crippen LogP contribution in [0.15, 0.2) is 48.1 Å². The molecule has 0 spiro atoms. The van der Waals surface area contributed by atoms with Crippen molar-refractivity contribution in [3.05, 3.63) is 48.1 Å². The Hall–Kier alpha value is -3.00. The maximum Gasteiger partial charge on any atom is 0.305 e. The van der Waals surface area contributed by atoms with Crippen LogP contribution in [0.25, 0.3) is 0 Å². The number of hydrogen-bond donors (Lipinski definition) is 1. The summed E-state index contributed by atoms with van der Waals surface area (Å²) in [6, 6.07) is 0. The molecule has 0 saturated carbocycles. The van der Waals surface area contributed by atoms with Crippen molar-refractivity contribution in [1.29, 1.82) is 0 Å². The summed E-state index contributed by atoms with van der Waals surface area (Å²) in [7, 11) is 1.27. The van der Waals surface area contributed by atoms with Crippen LogP contribution >= 0.6 is 0 Å². The molecule has 182 valence electrons. The highest BCUT2D eigenvalue weighted by Crippen LogP contribution is 2.34. The quantitative estimate of drug-likeness (QED) is 0.192. The molecule has 1 aliphatic rings. The lowest BCUT2D eigenvalue weighted by Crippen LogP contribution is -2.33. The Morgan fingerprint density at radius 3 is 2.48 bits per heavy atom. The lowest BCUT2D eigenvalue weighted by molar-refractivity contribution is -0.149. The summed E-state index contributed by atoms with van der Waals surface area (Å²) in [5, 5.41) is 10.0. The van der Waals surface area contributed by atoms with Crippen LogP contribution in [0.4, 0.5) is 0 Å². The second-order valence-corrected chi connectivity index (χ2v) is 7.75. The van der Waals surface area contributed by atoms with Crippen LogP contribution in [0.1, 0.15) is 59.3 Å². The zero-order valence-corrected chi connectivity index (χ0v) is 19.7. The molecule has 0 bridgehead atoms. The lowest BCUT2D eigenvalue weighted by atomic mass is 9.91. The molecule has 8 nitrogen and oxygen atoms in total. The monoisotopic (exact) mass is 462 g/mol. The van der Waals surface area contributed by atoms with Gasteiger partial charge in [0.25, 0.3) is 0 Å². The molecule has 33 heavy (non-hydrogen) atoms. The number of carbonyl (C=O) groups excluding carboxylic acids is 4. The minimum Gasteiger partial charge on any atom is -0.469 e. The summed E-state index contributed by atoms with van der Waals surface area (Å²) < 4.78 is 15.3. The standard InChI is InChI=1S/C25H34O8/c1-5-6-9-20(28)10-8-16-25(33-19(3)27)17-15-23(29)22(25)12-7-11-21(32-18(2)26)13-14-24(30)31-4/h7-8,10-12,15,17,20-21,28H,5-6,9,13-14,16H2,1-4H3/t20-,21-,25+/m1/s1. The lowest BCUT2D eigenvalue weighted by Gasteiger charge is -2.27. The Labute approximate surface area is 195 Å². The van der Waals surface area contributed by atoms with E-state index in [0.29, 0.717) is 6.42 Å². The van der Waals surface area contributed by atoms with Crippen molar-refractivity contribution in [2.75, 3.05) is 7.11 Å². The highest BCUT2D eigenvalue weighted by molar-refractivity contribution is 6.09. The van der Waals surface area contributed by atoms with Gasteiger partial charge < -0.3 is 19.3 Å². The molecule has 1 N–H and O–H groups in total. The van der Waals surface area contributed by atoms with Crippen molar-refractivity contribution in [2.45, 2.75) is 77.1 Å². The molecule has 0 aromatic heterocycles. The van der Waals surface area contributed by atoms with Gasteiger partial charge in [-0.2, -0.15) is 0 Å². The van der Waals surface area contributed by atoms with Crippen molar-refractivity contribution in [3.63, 3.8) is 0 Å². The fourth-order valence-electron chi connectivity index (χ4n) is 3.34. The highest BCUT2D eigenvalue weighted by Gasteiger charge is 2.41. The van der Waals surface area contributed by atoms with Gasteiger partial charge in [-0.05, 0) is 31.1 Å². The van der Waals surface area contributed by atoms with Gasteiger partial charge in [-0.25, -0.2) is 0 Å². The molecule has 0 unspecified atom stereocenters. The Bertz CT molecular complexity index is 820. The zero-order valence-electron chi connectivity index (χ0n) is 19.7. The number of hydrogen-bond acceptors (Lipinski definition) is 8. The summed E-state index contributed by atoms with van der Waals surface area (Å²) in [6.07, 6.45) is 12.4. The molecule has 0 fully saturated rings. The molecule has 0 heterocycles. The first kappa shape index (κ1) is 28.0. The number of ether oxygens (including phenoxy) is 3. The summed E-state index contributed by atoms with van der Waals surface area (Å²) in [6.45, 7) is 4.55. The van der Waals surface area contributed by atoms with Gasteiger partial charge in [0, 0.05) is 32.3 Å². The number of unbranched alkanes of at least 4 members (excludes halogenated alkanes) is 1. The fraction of sp³-hybridized carbons (Fsp3) is 0.520. The van der Waals surface area contributed by atoms with Gasteiger partial charge in [0.15, 0.2) is 11.4 Å². The molecule has 8 heteroatoms. The Balaban J connectivity index is 3.08. The third-order valence-corrected chi connectivity index (χ3v) is 4.95. The molecule has 0 aliphatic heterocycles. The van der Waals surface area contributed by atoms with E-state index in [0.717, 1.165) is 12.8 Å². The van der Waals surface area contributed by atoms with Gasteiger partial charge >= 0.3 is 17.9 Å². The van der Waals surface area contributed by atoms with Crippen molar-refractivity contribution in [3.8, 4) is 0 Å². The number of aliphatic hydroxyl groups is 1. The van der Waals surface area contributed by atoms with E-state index < -0.39 is 35.7 Å². The third-order valence-electron chi connectivity index (χ3n) is 4.95. The molecule has 0 radical (unpaired) electrons. The molecule has 0 saturated heterocycles. The predicted molar refractivity (Wildman–Crippen MR) is 122 cm³/mol. The molecule has 3 atom stereocenters. The predicted octanol–water partition coefficient (Wildman–Crippen LogP) is 3.29. The van der Waals surface area contributed by atoms with Crippen LogP contribution in [-0.4, -0.2) is 53.7 Å². The molecule has 0 amide bonds. The summed E-state index contributed by atoms with van der Waals surface area (Å²) in [5.41, 5.74) is -1.06. The normalized spacial score (nSPS) is 21.0. The van der Waals surface area contributed by atoms with E-state index in [1.165, 1.54) is 45.3 Å². The molecule has 0 aromatic carbocycles. The molecular formula is C25H34O8. The van der Waals surface area contributed by atoms with Crippen molar-refractivity contribution >= 4 is 23.7 Å². The number of rotatable bonds is 13. The van der Waals surface area contributed by atoms with E-state index in [1.54, 1.807) is 18.2 Å². The summed E-state index contributed by atoms with van der Waals surface area (Å²) >= 11 is 0. The number of carbonyl (C=O) groups is 4. The first-order valence-electron chi connectivity index (χ1n) is 11.0. The Morgan fingerprint density at radius 2 is 1.88 bits per heavy atom. The van der Waals surface area contributed by atoms with E-state index in [9.17, 15) is 24.3 Å². The van der Waals surface area contributed by atoms with Crippen LogP contribution in [-0.2, 0) is 33.4 Å². The average molecular weight is 463 g/mol. The van der Waals surface area contributed by atoms with Crippen molar-refractivity contribution in [2.24, 2.45) is 0 Å². The molecule has 1 rings (SSSR count). The van der Waals surface area contributed by atoms with Crippen LogP contribution in [0, 0.1) is 0 Å². The maximum atomic E-state index is 12.5. The first-order valence-corrected chi connectivity index (χ1v) is 11.0. The topological polar surface area (TPSA) is 116 Å². The van der Waals surface area contributed by atoms with Gasteiger partial charge in [0.1, 0.15) is 6.10 Å². The summed E-state index contributed by atoms with van der Waals surface area (Å²) in [4.78, 5) is 47.1. The van der Waals surface area contributed by atoms with Crippen LogP contribution in [0.2, 0.25) is 0 Å². The Morgan fingerprint density at radius 1 is 1.15 bits per heavy atom. The van der Waals surface area contributed by atoms with E-state index >= 15 is 0 Å². The molecule has 1 aliphatic carbocycles. The van der Waals surface area contributed by atoms with Gasteiger partial charge in [0.05, 0.1) is 13.2 Å². The molecule has 0 aromatic rings. The number of esters is 3. The van der Waals surface area contributed by atoms with E-state index in [1.807, 2.05) is 6.92 Å². The van der Waals surface area contributed by atoms with E-state index in [2.05, 4.69) is 4.74 Å². The SMILES string of the molecule is CCCC[C@@H](O)C=CC[C@]1(OC(C)=O)C=CC(=O)C1=CC=C[C@H](CCC(=O)OC)OC(C)=O. The van der Waals surface area contributed by atoms with Gasteiger partial charge in [-0.1, -0.05) is 44.1 Å². The van der Waals surface area contributed by atoms with E-state index in [4.69, 9.17) is 9.47 Å². The van der Waals surface area contributed by atoms with Crippen LogP contribution in [0.3, 0.4) is 0 Å². The average Bonchev–Trinajstić information content (AvgIpc) is 3.04. The zero-order chi connectivity index (χ0) is 24.9. The highest BCUT2D eigenvalue weighted by atomic mass is 16.6. The van der Waals surface area contributed by atoms with Crippen LogP contribution < -0.4 is 0 Å². The van der Waals surface area contributed by atoms with Gasteiger partial charge in [0.2, 0.25) is 0 Å². The van der Waals surface area contributed by atoms with E-state index in [-0.39, 0.29) is 30.6 Å². The van der Waals surface area contributed by atoms with Gasteiger partial charge in [-0.3, -0.25) is 19.2 Å². The maximum absolute atomic E-state index is 12.5. The largest absolute Gasteiger partial charge is 0.469 e.